The second-order valence-electron chi connectivity index (χ2n) is 3.72. The Bertz CT molecular complexity index is 443. The minimum absolute atomic E-state index is 0.157. The van der Waals surface area contributed by atoms with Crippen LogP contribution in [0.15, 0.2) is 36.9 Å². The van der Waals surface area contributed by atoms with Crippen molar-refractivity contribution in [1.82, 2.24) is 4.90 Å². The van der Waals surface area contributed by atoms with E-state index in [0.29, 0.717) is 16.2 Å². The van der Waals surface area contributed by atoms with E-state index in [9.17, 15) is 18.0 Å². The van der Waals surface area contributed by atoms with Crippen molar-refractivity contribution in [2.75, 3.05) is 12.3 Å². The van der Waals surface area contributed by atoms with Crippen molar-refractivity contribution < 1.29 is 18.0 Å². The third kappa shape index (κ3) is 3.80. The van der Waals surface area contributed by atoms with E-state index in [4.69, 9.17) is 5.73 Å². The van der Waals surface area contributed by atoms with Crippen LogP contribution in [0.25, 0.3) is 0 Å². The second kappa shape index (κ2) is 5.57. The molecule has 98 valence electrons. The first kappa shape index (κ1) is 14.1. The van der Waals surface area contributed by atoms with Gasteiger partial charge in [-0.25, -0.2) is 0 Å². The molecule has 0 heterocycles. The first-order valence-electron chi connectivity index (χ1n) is 5.16. The molecule has 0 aliphatic heterocycles. The fourth-order valence-electron chi connectivity index (χ4n) is 1.47. The molecule has 0 bridgehead atoms. The highest BCUT2D eigenvalue weighted by Crippen LogP contribution is 2.20. The van der Waals surface area contributed by atoms with Crippen LogP contribution in [0.2, 0.25) is 0 Å². The number of alkyl halides is 3. The number of rotatable bonds is 4. The molecule has 2 N–H and O–H groups in total. The summed E-state index contributed by atoms with van der Waals surface area (Å²) in [4.78, 5) is 11.8. The highest BCUT2D eigenvalue weighted by Gasteiger charge is 2.42. The van der Waals surface area contributed by atoms with E-state index in [2.05, 4.69) is 6.58 Å². The molecule has 0 spiro atoms. The van der Waals surface area contributed by atoms with Crippen LogP contribution in [0.1, 0.15) is 5.56 Å². The van der Waals surface area contributed by atoms with Crippen LogP contribution in [0.3, 0.4) is 0 Å². The summed E-state index contributed by atoms with van der Waals surface area (Å²) < 4.78 is 37.1. The second-order valence-corrected chi connectivity index (χ2v) is 3.72. The number of anilines is 1. The van der Waals surface area contributed by atoms with Crippen molar-refractivity contribution in [1.29, 1.82) is 0 Å². The molecule has 1 amide bonds. The molecule has 3 nitrogen and oxygen atoms in total. The molecule has 0 aliphatic carbocycles. The van der Waals surface area contributed by atoms with Crippen molar-refractivity contribution in [3.8, 4) is 0 Å². The molecule has 0 saturated carbocycles. The molecule has 0 atom stereocenters. The van der Waals surface area contributed by atoms with Gasteiger partial charge in [0.15, 0.2) is 0 Å². The summed E-state index contributed by atoms with van der Waals surface area (Å²) >= 11 is 0. The van der Waals surface area contributed by atoms with E-state index in [0.717, 1.165) is 0 Å². The number of nitrogens with two attached hydrogens (primary N) is 1. The lowest BCUT2D eigenvalue weighted by Gasteiger charge is -2.22. The zero-order valence-corrected chi connectivity index (χ0v) is 9.57. The van der Waals surface area contributed by atoms with Gasteiger partial charge in [-0.2, -0.15) is 13.2 Å². The first-order chi connectivity index (χ1) is 8.34. The van der Waals surface area contributed by atoms with E-state index in [1.54, 1.807) is 18.2 Å². The number of nitrogens with zero attached hydrogens (tertiary/aromatic N) is 1. The molecule has 0 aromatic heterocycles. The smallest absolute Gasteiger partial charge is 0.399 e. The minimum atomic E-state index is -4.89. The molecule has 1 aromatic carbocycles. The molecular weight excluding hydrogens is 245 g/mol. The molecule has 1 rings (SSSR count). The van der Waals surface area contributed by atoms with Gasteiger partial charge in [0, 0.05) is 18.8 Å². The maximum Gasteiger partial charge on any atom is 0.471 e. The molecule has 6 heteroatoms. The molecule has 0 unspecified atom stereocenters. The van der Waals surface area contributed by atoms with Gasteiger partial charge in [-0.1, -0.05) is 18.2 Å². The van der Waals surface area contributed by atoms with Crippen molar-refractivity contribution in [3.05, 3.63) is 42.5 Å². The number of carbonyl (C=O) groups excluding carboxylic acids is 1. The van der Waals surface area contributed by atoms with Gasteiger partial charge in [-0.05, 0) is 17.7 Å². The Morgan fingerprint density at radius 3 is 2.61 bits per heavy atom. The summed E-state index contributed by atoms with van der Waals surface area (Å²) in [6.07, 6.45) is -3.64. The Hall–Kier alpha value is -1.98. The largest absolute Gasteiger partial charge is 0.471 e. The van der Waals surface area contributed by atoms with E-state index >= 15 is 0 Å². The summed E-state index contributed by atoms with van der Waals surface area (Å²) in [5.41, 5.74) is 6.50. The van der Waals surface area contributed by atoms with E-state index in [1.807, 2.05) is 0 Å². The number of hydrogen-bond acceptors (Lipinski definition) is 2. The number of hydrogen-bond donors (Lipinski definition) is 1. The average Bonchev–Trinajstić information content (AvgIpc) is 2.26. The van der Waals surface area contributed by atoms with Crippen LogP contribution in [0, 0.1) is 0 Å². The maximum absolute atomic E-state index is 12.4. The summed E-state index contributed by atoms with van der Waals surface area (Å²) in [7, 11) is 0. The fraction of sp³-hybridized carbons (Fsp3) is 0.250. The number of nitrogen functional groups attached to an aromatic ring is 1. The lowest BCUT2D eigenvalue weighted by molar-refractivity contribution is -0.185. The molecule has 0 saturated heterocycles. The molecular formula is C12H13F3N2O. The molecule has 1 aromatic rings. The SMILES string of the molecule is C=CCN(Cc1cccc(N)c1)C(=O)C(F)(F)F. The van der Waals surface area contributed by atoms with E-state index in [1.165, 1.54) is 12.1 Å². The number of halogens is 3. The molecule has 0 fully saturated rings. The van der Waals surface area contributed by atoms with Crippen molar-refractivity contribution in [2.45, 2.75) is 12.7 Å². The summed E-state index contributed by atoms with van der Waals surface area (Å²) in [5, 5.41) is 0. The Balaban J connectivity index is 2.87. The van der Waals surface area contributed by atoms with Crippen LogP contribution in [-0.4, -0.2) is 23.5 Å². The highest BCUT2D eigenvalue weighted by molar-refractivity contribution is 5.82. The third-order valence-corrected chi connectivity index (χ3v) is 2.20. The van der Waals surface area contributed by atoms with Crippen molar-refractivity contribution in [2.24, 2.45) is 0 Å². The summed E-state index contributed by atoms with van der Waals surface area (Å²) in [6, 6.07) is 6.37. The van der Waals surface area contributed by atoms with Gasteiger partial charge < -0.3 is 10.6 Å². The quantitative estimate of drug-likeness (QED) is 0.665. The Morgan fingerprint density at radius 1 is 1.44 bits per heavy atom. The highest BCUT2D eigenvalue weighted by atomic mass is 19.4. The topological polar surface area (TPSA) is 46.3 Å². The zero-order valence-electron chi connectivity index (χ0n) is 9.57. The van der Waals surface area contributed by atoms with Gasteiger partial charge in [-0.3, -0.25) is 4.79 Å². The van der Waals surface area contributed by atoms with Crippen LogP contribution in [0.5, 0.6) is 0 Å². The van der Waals surface area contributed by atoms with Crippen molar-refractivity contribution >= 4 is 11.6 Å². The van der Waals surface area contributed by atoms with Gasteiger partial charge >= 0.3 is 12.1 Å². The average molecular weight is 258 g/mol. The molecule has 0 radical (unpaired) electrons. The van der Waals surface area contributed by atoms with Crippen molar-refractivity contribution in [3.63, 3.8) is 0 Å². The first-order valence-corrected chi connectivity index (χ1v) is 5.16. The Kier molecular flexibility index (Phi) is 4.36. The summed E-state index contributed by atoms with van der Waals surface area (Å²) in [6.45, 7) is 3.01. The van der Waals surface area contributed by atoms with Gasteiger partial charge in [0.1, 0.15) is 0 Å². The van der Waals surface area contributed by atoms with Crippen LogP contribution >= 0.6 is 0 Å². The lowest BCUT2D eigenvalue weighted by atomic mass is 10.2. The van der Waals surface area contributed by atoms with Gasteiger partial charge in [0.25, 0.3) is 0 Å². The maximum atomic E-state index is 12.4. The lowest BCUT2D eigenvalue weighted by Crippen LogP contribution is -2.40. The Labute approximate surface area is 103 Å². The molecule has 0 aliphatic rings. The fourth-order valence-corrected chi connectivity index (χ4v) is 1.47. The normalized spacial score (nSPS) is 11.1. The standard InChI is InChI=1S/C12H13F3N2O/c1-2-6-17(11(18)12(13,14)15)8-9-4-3-5-10(16)7-9/h2-5,7H,1,6,8,16H2. The zero-order chi connectivity index (χ0) is 13.8. The predicted molar refractivity (Wildman–Crippen MR) is 62.5 cm³/mol. The van der Waals surface area contributed by atoms with Gasteiger partial charge in [0.2, 0.25) is 0 Å². The van der Waals surface area contributed by atoms with Crippen LogP contribution in [-0.2, 0) is 11.3 Å². The van der Waals surface area contributed by atoms with Crippen LogP contribution < -0.4 is 5.73 Å². The van der Waals surface area contributed by atoms with Gasteiger partial charge in [-0.15, -0.1) is 6.58 Å². The summed E-state index contributed by atoms with van der Waals surface area (Å²) in [5.74, 6) is -1.88. The van der Waals surface area contributed by atoms with E-state index < -0.39 is 12.1 Å². The van der Waals surface area contributed by atoms with Gasteiger partial charge in [0.05, 0.1) is 0 Å². The molecule has 18 heavy (non-hydrogen) atoms. The number of benzene rings is 1. The Morgan fingerprint density at radius 2 is 2.11 bits per heavy atom. The minimum Gasteiger partial charge on any atom is -0.399 e. The number of carbonyl (C=O) groups is 1. The number of amides is 1. The van der Waals surface area contributed by atoms with E-state index in [-0.39, 0.29) is 13.1 Å². The third-order valence-electron chi connectivity index (χ3n) is 2.20. The predicted octanol–water partition coefficient (Wildman–Crippen LogP) is 2.35. The monoisotopic (exact) mass is 258 g/mol. The van der Waals surface area contributed by atoms with Crippen LogP contribution in [0.4, 0.5) is 18.9 Å².